The van der Waals surface area contributed by atoms with Crippen LogP contribution in [0.15, 0.2) is 47.4 Å². The highest BCUT2D eigenvalue weighted by molar-refractivity contribution is 7.99. The van der Waals surface area contributed by atoms with Crippen molar-refractivity contribution >= 4 is 52.5 Å². The molecule has 2 amide bonds. The number of benzene rings is 2. The van der Waals surface area contributed by atoms with E-state index in [1.807, 2.05) is 24.3 Å². The Morgan fingerprint density at radius 1 is 1.15 bits per heavy atom. The van der Waals surface area contributed by atoms with Gasteiger partial charge in [0.05, 0.1) is 10.7 Å². The summed E-state index contributed by atoms with van der Waals surface area (Å²) >= 11 is 13.7. The second-order valence-corrected chi connectivity index (χ2v) is 7.89. The molecule has 136 valence electrons. The van der Waals surface area contributed by atoms with Gasteiger partial charge in [0.15, 0.2) is 0 Å². The summed E-state index contributed by atoms with van der Waals surface area (Å²) < 4.78 is 0. The van der Waals surface area contributed by atoms with Crippen molar-refractivity contribution in [1.29, 1.82) is 0 Å². The number of hydrogen-bond donors (Lipinski definition) is 1. The number of amides is 2. The van der Waals surface area contributed by atoms with Crippen LogP contribution in [0.4, 0.5) is 5.69 Å². The lowest BCUT2D eigenvalue weighted by Crippen LogP contribution is -2.27. The van der Waals surface area contributed by atoms with Crippen LogP contribution in [0.2, 0.25) is 10.0 Å². The summed E-state index contributed by atoms with van der Waals surface area (Å²) in [5.41, 5.74) is 1.11. The van der Waals surface area contributed by atoms with Crippen LogP contribution in [0.5, 0.6) is 0 Å². The van der Waals surface area contributed by atoms with Crippen molar-refractivity contribution in [2.45, 2.75) is 17.7 Å². The molecule has 1 aliphatic rings. The van der Waals surface area contributed by atoms with Crippen molar-refractivity contribution in [2.24, 2.45) is 0 Å². The van der Waals surface area contributed by atoms with Gasteiger partial charge >= 0.3 is 0 Å². The average Bonchev–Trinajstić information content (AvgIpc) is 3.06. The number of thioether (sulfide) groups is 1. The maximum atomic E-state index is 12.4. The molecule has 1 saturated heterocycles. The Balaban J connectivity index is 1.56. The molecule has 0 spiro atoms. The molecule has 4 nitrogen and oxygen atoms in total. The maximum Gasteiger partial charge on any atom is 0.251 e. The predicted molar refractivity (Wildman–Crippen MR) is 108 cm³/mol. The Morgan fingerprint density at radius 3 is 2.62 bits per heavy atom. The Labute approximate surface area is 166 Å². The van der Waals surface area contributed by atoms with Crippen LogP contribution in [-0.4, -0.2) is 30.7 Å². The van der Waals surface area contributed by atoms with Gasteiger partial charge in [-0.15, -0.1) is 11.8 Å². The normalized spacial score (nSPS) is 13.9. The van der Waals surface area contributed by atoms with Gasteiger partial charge in [0.1, 0.15) is 0 Å². The highest BCUT2D eigenvalue weighted by Gasteiger charge is 2.24. The lowest BCUT2D eigenvalue weighted by molar-refractivity contribution is -0.117. The number of carbonyl (C=O) groups is 2. The molecular formula is C19H18Cl2N2O2S. The fourth-order valence-corrected chi connectivity index (χ4v) is 3.84. The van der Waals surface area contributed by atoms with Crippen LogP contribution in [0.25, 0.3) is 0 Å². The molecule has 0 atom stereocenters. The molecule has 26 heavy (non-hydrogen) atoms. The first-order valence-electron chi connectivity index (χ1n) is 8.31. The third-order valence-corrected chi connectivity index (χ3v) is 5.63. The first kappa shape index (κ1) is 19.1. The van der Waals surface area contributed by atoms with Gasteiger partial charge in [-0.25, -0.2) is 0 Å². The van der Waals surface area contributed by atoms with E-state index in [2.05, 4.69) is 5.32 Å². The van der Waals surface area contributed by atoms with Crippen LogP contribution < -0.4 is 10.2 Å². The van der Waals surface area contributed by atoms with E-state index in [0.29, 0.717) is 40.8 Å². The molecule has 0 saturated carbocycles. The smallest absolute Gasteiger partial charge is 0.251 e. The lowest BCUT2D eigenvalue weighted by atomic mass is 10.1. The zero-order valence-corrected chi connectivity index (χ0v) is 16.3. The molecule has 1 fully saturated rings. The van der Waals surface area contributed by atoms with Crippen molar-refractivity contribution in [2.75, 3.05) is 23.7 Å². The molecule has 2 aromatic carbocycles. The SMILES string of the molecule is O=C(NCCSc1ccc(Cl)cc1)c1ccc(Cl)c(N2CCCC2=O)c1. The van der Waals surface area contributed by atoms with Gasteiger partial charge in [-0.05, 0) is 48.9 Å². The largest absolute Gasteiger partial charge is 0.351 e. The van der Waals surface area contributed by atoms with Crippen LogP contribution in [-0.2, 0) is 4.79 Å². The number of rotatable bonds is 6. The maximum absolute atomic E-state index is 12.4. The number of nitrogens with one attached hydrogen (secondary N) is 1. The Bertz CT molecular complexity index is 812. The molecule has 1 aliphatic heterocycles. The molecule has 0 unspecified atom stereocenters. The highest BCUT2D eigenvalue weighted by Crippen LogP contribution is 2.30. The topological polar surface area (TPSA) is 49.4 Å². The van der Waals surface area contributed by atoms with Crippen molar-refractivity contribution < 1.29 is 9.59 Å². The van der Waals surface area contributed by atoms with Crippen molar-refractivity contribution in [3.63, 3.8) is 0 Å². The van der Waals surface area contributed by atoms with Gasteiger partial charge in [0, 0.05) is 40.7 Å². The molecule has 0 bridgehead atoms. The van der Waals surface area contributed by atoms with E-state index >= 15 is 0 Å². The van der Waals surface area contributed by atoms with E-state index in [1.165, 1.54) is 0 Å². The molecule has 0 aromatic heterocycles. The average molecular weight is 409 g/mol. The minimum absolute atomic E-state index is 0.0452. The highest BCUT2D eigenvalue weighted by atomic mass is 35.5. The van der Waals surface area contributed by atoms with E-state index in [-0.39, 0.29) is 11.8 Å². The van der Waals surface area contributed by atoms with Gasteiger partial charge in [0.25, 0.3) is 5.91 Å². The van der Waals surface area contributed by atoms with Crippen molar-refractivity contribution in [1.82, 2.24) is 5.32 Å². The van der Waals surface area contributed by atoms with E-state index in [4.69, 9.17) is 23.2 Å². The summed E-state index contributed by atoms with van der Waals surface area (Å²) in [6.45, 7) is 1.17. The van der Waals surface area contributed by atoms with E-state index in [9.17, 15) is 9.59 Å². The lowest BCUT2D eigenvalue weighted by Gasteiger charge is -2.18. The van der Waals surface area contributed by atoms with Gasteiger partial charge in [-0.2, -0.15) is 0 Å². The number of anilines is 1. The fourth-order valence-electron chi connectivity index (χ4n) is 2.73. The quantitative estimate of drug-likeness (QED) is 0.559. The van der Waals surface area contributed by atoms with Crippen LogP contribution in [0, 0.1) is 0 Å². The summed E-state index contributed by atoms with van der Waals surface area (Å²) in [6.07, 6.45) is 1.34. The number of halogens is 2. The predicted octanol–water partition coefficient (Wildman–Crippen LogP) is 4.64. The molecule has 0 aliphatic carbocycles. The van der Waals surface area contributed by atoms with E-state index < -0.39 is 0 Å². The Morgan fingerprint density at radius 2 is 1.92 bits per heavy atom. The summed E-state index contributed by atoms with van der Waals surface area (Å²) in [5, 5.41) is 4.08. The van der Waals surface area contributed by atoms with Gasteiger partial charge < -0.3 is 10.2 Å². The van der Waals surface area contributed by atoms with Crippen LogP contribution in [0.3, 0.4) is 0 Å². The van der Waals surface area contributed by atoms with Crippen LogP contribution >= 0.6 is 35.0 Å². The summed E-state index contributed by atoms with van der Waals surface area (Å²) in [6, 6.07) is 12.6. The summed E-state index contributed by atoms with van der Waals surface area (Å²) in [7, 11) is 0. The molecule has 1 N–H and O–H groups in total. The zero-order valence-electron chi connectivity index (χ0n) is 14.0. The molecule has 0 radical (unpaired) electrons. The van der Waals surface area contributed by atoms with Crippen LogP contribution in [0.1, 0.15) is 23.2 Å². The van der Waals surface area contributed by atoms with E-state index in [0.717, 1.165) is 17.1 Å². The Kier molecular flexibility index (Phi) is 6.46. The molecular weight excluding hydrogens is 391 g/mol. The van der Waals surface area contributed by atoms with Crippen molar-refractivity contribution in [3.8, 4) is 0 Å². The summed E-state index contributed by atoms with van der Waals surface area (Å²) in [5.74, 6) is 0.619. The third-order valence-electron chi connectivity index (χ3n) is 4.04. The molecule has 1 heterocycles. The molecule has 2 aromatic rings. The van der Waals surface area contributed by atoms with Gasteiger partial charge in [-0.3, -0.25) is 9.59 Å². The fraction of sp³-hybridized carbons (Fsp3) is 0.263. The number of hydrogen-bond acceptors (Lipinski definition) is 3. The van der Waals surface area contributed by atoms with E-state index in [1.54, 1.807) is 34.9 Å². The second kappa shape index (κ2) is 8.80. The van der Waals surface area contributed by atoms with Gasteiger partial charge in [-0.1, -0.05) is 23.2 Å². The first-order valence-corrected chi connectivity index (χ1v) is 10.1. The standard InChI is InChI=1S/C19H18Cl2N2O2S/c20-14-4-6-15(7-5-14)26-11-9-22-19(25)13-3-8-16(21)17(12-13)23-10-1-2-18(23)24/h3-8,12H,1-2,9-11H2,(H,22,25). The minimum Gasteiger partial charge on any atom is -0.351 e. The molecule has 7 heteroatoms. The van der Waals surface area contributed by atoms with Crippen molar-refractivity contribution in [3.05, 3.63) is 58.1 Å². The third kappa shape index (κ3) is 4.72. The number of nitrogens with zero attached hydrogens (tertiary/aromatic N) is 1. The molecule has 3 rings (SSSR count). The van der Waals surface area contributed by atoms with Gasteiger partial charge in [0.2, 0.25) is 5.91 Å². The minimum atomic E-state index is -0.175. The zero-order chi connectivity index (χ0) is 18.5. The first-order chi connectivity index (χ1) is 12.5. The Hall–Kier alpha value is -1.69. The number of carbonyl (C=O) groups excluding carboxylic acids is 2. The monoisotopic (exact) mass is 408 g/mol. The summed E-state index contributed by atoms with van der Waals surface area (Å²) in [4.78, 5) is 27.1. The second-order valence-electron chi connectivity index (χ2n) is 5.87.